The number of pyridine rings is 1. The van der Waals surface area contributed by atoms with Crippen LogP contribution < -0.4 is 10.2 Å². The minimum Gasteiger partial charge on any atom is -0.399 e. The van der Waals surface area contributed by atoms with Gasteiger partial charge in [0.2, 0.25) is 10.0 Å². The largest absolute Gasteiger partial charge is 0.495 e. The van der Waals surface area contributed by atoms with Crippen molar-refractivity contribution < 1.29 is 17.7 Å². The minimum atomic E-state index is -3.43. The molecule has 0 spiro atoms. The molecule has 6 nitrogen and oxygen atoms in total. The first-order chi connectivity index (χ1) is 9.95. The first kappa shape index (κ1) is 17.2. The van der Waals surface area contributed by atoms with E-state index in [1.807, 2.05) is 27.7 Å². The zero-order valence-corrected chi connectivity index (χ0v) is 14.7. The van der Waals surface area contributed by atoms with Crippen molar-refractivity contribution in [1.29, 1.82) is 0 Å². The molecule has 8 heteroatoms. The third kappa shape index (κ3) is 3.28. The monoisotopic (exact) mass is 326 g/mol. The van der Waals surface area contributed by atoms with Crippen LogP contribution in [0.4, 0.5) is 5.82 Å². The van der Waals surface area contributed by atoms with Gasteiger partial charge >= 0.3 is 7.12 Å². The van der Waals surface area contributed by atoms with Crippen LogP contribution >= 0.6 is 0 Å². The van der Waals surface area contributed by atoms with E-state index in [2.05, 4.69) is 9.71 Å². The van der Waals surface area contributed by atoms with Gasteiger partial charge in [-0.3, -0.25) is 4.72 Å². The number of aromatic nitrogens is 1. The zero-order chi connectivity index (χ0) is 16.8. The lowest BCUT2D eigenvalue weighted by Gasteiger charge is -2.32. The number of nitrogens with one attached hydrogen (secondary N) is 1. The lowest BCUT2D eigenvalue weighted by Crippen LogP contribution is -2.41. The van der Waals surface area contributed by atoms with Crippen molar-refractivity contribution >= 4 is 28.4 Å². The lowest BCUT2D eigenvalue weighted by molar-refractivity contribution is 0.00578. The smallest absolute Gasteiger partial charge is 0.399 e. The standard InChI is InChI=1S/C14H23BN2O4S/c1-10(2)22(18,19)17-12-9-11(7-8-16-12)15-20-13(3,4)14(5,6)21-15/h7-10H,1-6H3,(H,16,17). The molecule has 0 aliphatic carbocycles. The van der Waals surface area contributed by atoms with E-state index < -0.39 is 33.6 Å². The Labute approximate surface area is 132 Å². The Morgan fingerprint density at radius 1 is 1.18 bits per heavy atom. The Kier molecular flexibility index (Phi) is 4.32. The Balaban J connectivity index is 2.24. The molecular weight excluding hydrogens is 303 g/mol. The summed E-state index contributed by atoms with van der Waals surface area (Å²) in [5, 5.41) is -0.533. The van der Waals surface area contributed by atoms with Crippen molar-refractivity contribution in [2.45, 2.75) is 58.0 Å². The van der Waals surface area contributed by atoms with Gasteiger partial charge in [0.15, 0.2) is 0 Å². The maximum atomic E-state index is 11.9. The molecule has 122 valence electrons. The second-order valence-corrected chi connectivity index (χ2v) is 9.00. The summed E-state index contributed by atoms with van der Waals surface area (Å²) in [7, 11) is -3.98. The number of hydrogen-bond acceptors (Lipinski definition) is 5. The summed E-state index contributed by atoms with van der Waals surface area (Å²) < 4.78 is 38.2. The minimum absolute atomic E-state index is 0.265. The van der Waals surface area contributed by atoms with Crippen LogP contribution in [-0.4, -0.2) is 37.0 Å². The van der Waals surface area contributed by atoms with Gasteiger partial charge in [0.1, 0.15) is 5.82 Å². The molecule has 0 atom stereocenters. The fourth-order valence-corrected chi connectivity index (χ4v) is 2.53. The molecule has 0 amide bonds. The van der Waals surface area contributed by atoms with Crippen molar-refractivity contribution in [1.82, 2.24) is 4.98 Å². The van der Waals surface area contributed by atoms with Gasteiger partial charge in [0.05, 0.1) is 16.5 Å². The van der Waals surface area contributed by atoms with E-state index in [9.17, 15) is 8.42 Å². The predicted molar refractivity (Wildman–Crippen MR) is 87.6 cm³/mol. The molecule has 0 unspecified atom stereocenters. The van der Waals surface area contributed by atoms with Crippen LogP contribution in [-0.2, 0) is 19.3 Å². The average molecular weight is 326 g/mol. The van der Waals surface area contributed by atoms with Gasteiger partial charge in [0, 0.05) is 6.20 Å². The summed E-state index contributed by atoms with van der Waals surface area (Å²) >= 11 is 0. The average Bonchev–Trinajstić information content (AvgIpc) is 2.58. The summed E-state index contributed by atoms with van der Waals surface area (Å²) in [5.74, 6) is 0.265. The third-order valence-electron chi connectivity index (χ3n) is 4.18. The van der Waals surface area contributed by atoms with Gasteiger partial charge < -0.3 is 9.31 Å². The fourth-order valence-electron chi connectivity index (χ4n) is 1.89. The highest BCUT2D eigenvalue weighted by atomic mass is 32.2. The Bertz CT molecular complexity index is 643. The molecule has 22 heavy (non-hydrogen) atoms. The predicted octanol–water partition coefficient (Wildman–Crippen LogP) is 1.53. The van der Waals surface area contributed by atoms with E-state index in [0.717, 1.165) is 5.46 Å². The van der Waals surface area contributed by atoms with Gasteiger partial charge in [-0.15, -0.1) is 0 Å². The van der Waals surface area contributed by atoms with Crippen LogP contribution in [0.1, 0.15) is 41.5 Å². The summed E-state index contributed by atoms with van der Waals surface area (Å²) in [6.45, 7) is 11.1. The van der Waals surface area contributed by atoms with E-state index >= 15 is 0 Å². The van der Waals surface area contributed by atoms with Crippen LogP contribution in [0.2, 0.25) is 0 Å². The van der Waals surface area contributed by atoms with Crippen LogP contribution in [0.3, 0.4) is 0 Å². The van der Waals surface area contributed by atoms with E-state index in [0.29, 0.717) is 0 Å². The molecule has 1 aromatic heterocycles. The molecule has 0 saturated carbocycles. The topological polar surface area (TPSA) is 77.5 Å². The van der Waals surface area contributed by atoms with E-state index in [1.165, 1.54) is 0 Å². The van der Waals surface area contributed by atoms with E-state index in [1.54, 1.807) is 32.2 Å². The van der Waals surface area contributed by atoms with Crippen molar-refractivity contribution in [3.05, 3.63) is 18.3 Å². The number of hydrogen-bond donors (Lipinski definition) is 1. The Morgan fingerprint density at radius 3 is 2.23 bits per heavy atom. The van der Waals surface area contributed by atoms with E-state index in [4.69, 9.17) is 9.31 Å². The molecule has 0 radical (unpaired) electrons. The highest BCUT2D eigenvalue weighted by molar-refractivity contribution is 7.93. The molecule has 1 aliphatic heterocycles. The van der Waals surface area contributed by atoms with Gasteiger partial charge in [-0.2, -0.15) is 0 Å². The first-order valence-corrected chi connectivity index (χ1v) is 8.82. The number of nitrogens with zero attached hydrogens (tertiary/aromatic N) is 1. The zero-order valence-electron chi connectivity index (χ0n) is 13.9. The number of sulfonamides is 1. The Morgan fingerprint density at radius 2 is 1.73 bits per heavy atom. The van der Waals surface area contributed by atoms with Crippen LogP contribution in [0.5, 0.6) is 0 Å². The highest BCUT2D eigenvalue weighted by Crippen LogP contribution is 2.36. The summed E-state index contributed by atoms with van der Waals surface area (Å²) in [5.41, 5.74) is -0.160. The SMILES string of the molecule is CC(C)S(=O)(=O)Nc1cc(B2OC(C)(C)C(C)(C)O2)ccn1. The third-order valence-corrected chi connectivity index (χ3v) is 5.91. The molecule has 1 saturated heterocycles. The molecule has 1 aromatic rings. The van der Waals surface area contributed by atoms with Gasteiger partial charge in [-0.05, 0) is 59.1 Å². The summed E-state index contributed by atoms with van der Waals surface area (Å²) in [4.78, 5) is 4.05. The molecule has 0 bridgehead atoms. The van der Waals surface area contributed by atoms with Crippen molar-refractivity contribution in [2.75, 3.05) is 4.72 Å². The maximum absolute atomic E-state index is 11.9. The van der Waals surface area contributed by atoms with Crippen molar-refractivity contribution in [3.63, 3.8) is 0 Å². The lowest BCUT2D eigenvalue weighted by atomic mass is 9.80. The fraction of sp³-hybridized carbons (Fsp3) is 0.643. The van der Waals surface area contributed by atoms with E-state index in [-0.39, 0.29) is 5.82 Å². The second kappa shape index (κ2) is 5.51. The molecule has 1 aliphatic rings. The van der Waals surface area contributed by atoms with Crippen LogP contribution in [0, 0.1) is 0 Å². The number of rotatable bonds is 4. The number of anilines is 1. The van der Waals surface area contributed by atoms with Crippen molar-refractivity contribution in [2.24, 2.45) is 0 Å². The normalized spacial score (nSPS) is 20.4. The summed E-state index contributed by atoms with van der Waals surface area (Å²) in [6.07, 6.45) is 1.54. The van der Waals surface area contributed by atoms with Gasteiger partial charge in [-0.1, -0.05) is 0 Å². The molecule has 2 heterocycles. The molecule has 1 fully saturated rings. The first-order valence-electron chi connectivity index (χ1n) is 7.28. The molecule has 2 rings (SSSR count). The summed E-state index contributed by atoms with van der Waals surface area (Å²) in [6, 6.07) is 3.40. The van der Waals surface area contributed by atoms with Gasteiger partial charge in [-0.25, -0.2) is 13.4 Å². The second-order valence-electron chi connectivity index (χ2n) is 6.76. The molecule has 0 aromatic carbocycles. The highest BCUT2D eigenvalue weighted by Gasteiger charge is 2.51. The van der Waals surface area contributed by atoms with Crippen LogP contribution in [0.25, 0.3) is 0 Å². The van der Waals surface area contributed by atoms with Gasteiger partial charge in [0.25, 0.3) is 0 Å². The molecule has 1 N–H and O–H groups in total. The van der Waals surface area contributed by atoms with Crippen LogP contribution in [0.15, 0.2) is 18.3 Å². The Hall–Kier alpha value is -1.12. The molecular formula is C14H23BN2O4S. The van der Waals surface area contributed by atoms with Crippen molar-refractivity contribution in [3.8, 4) is 0 Å². The quantitative estimate of drug-likeness (QED) is 0.849. The maximum Gasteiger partial charge on any atom is 0.495 e.